The van der Waals surface area contributed by atoms with Crippen molar-refractivity contribution < 1.29 is 9.59 Å². The number of fused-ring (bicyclic) bond motifs is 3. The van der Waals surface area contributed by atoms with Gasteiger partial charge in [-0.15, -0.1) is 0 Å². The highest BCUT2D eigenvalue weighted by molar-refractivity contribution is 5.95. The van der Waals surface area contributed by atoms with Crippen molar-refractivity contribution in [3.05, 3.63) is 47.5 Å². The maximum Gasteiger partial charge on any atom is 0.227 e. The van der Waals surface area contributed by atoms with Crippen LogP contribution in [0.1, 0.15) is 75.3 Å². The average Bonchev–Trinajstić information content (AvgIpc) is 3.17. The largest absolute Gasteiger partial charge is 0.326 e. The lowest BCUT2D eigenvalue weighted by atomic mass is 9.88. The van der Waals surface area contributed by atoms with Crippen LogP contribution >= 0.6 is 0 Å². The molecule has 0 spiro atoms. The van der Waals surface area contributed by atoms with Crippen molar-refractivity contribution in [1.82, 2.24) is 0 Å². The molecule has 2 aromatic rings. The number of carbonyl (C=O) groups is 2. The summed E-state index contributed by atoms with van der Waals surface area (Å²) in [4.78, 5) is 25.2. The number of rotatable bonds is 4. The second-order valence-corrected chi connectivity index (χ2v) is 9.57. The molecule has 2 saturated carbocycles. The van der Waals surface area contributed by atoms with Gasteiger partial charge in [0.25, 0.3) is 0 Å². The smallest absolute Gasteiger partial charge is 0.227 e. The van der Waals surface area contributed by atoms with Crippen LogP contribution in [0.3, 0.4) is 0 Å². The molecular weight excluding hydrogens is 384 g/mol. The van der Waals surface area contributed by atoms with Gasteiger partial charge in [0.1, 0.15) is 0 Å². The van der Waals surface area contributed by atoms with E-state index in [2.05, 4.69) is 34.9 Å². The van der Waals surface area contributed by atoms with Crippen LogP contribution in [0.25, 0.3) is 11.1 Å². The maximum absolute atomic E-state index is 12.6. The molecule has 0 aromatic heterocycles. The zero-order chi connectivity index (χ0) is 21.2. The summed E-state index contributed by atoms with van der Waals surface area (Å²) < 4.78 is 0. The summed E-state index contributed by atoms with van der Waals surface area (Å²) in [6, 6.07) is 12.5. The Hall–Kier alpha value is -2.62. The van der Waals surface area contributed by atoms with Gasteiger partial charge in [-0.1, -0.05) is 50.7 Å². The first-order valence-corrected chi connectivity index (χ1v) is 12.1. The van der Waals surface area contributed by atoms with Gasteiger partial charge in [-0.3, -0.25) is 9.59 Å². The van der Waals surface area contributed by atoms with Crippen LogP contribution in [-0.2, 0) is 16.0 Å². The zero-order valence-corrected chi connectivity index (χ0v) is 18.2. The van der Waals surface area contributed by atoms with E-state index >= 15 is 0 Å². The van der Waals surface area contributed by atoms with Crippen LogP contribution < -0.4 is 10.6 Å². The lowest BCUT2D eigenvalue weighted by Crippen LogP contribution is -2.24. The molecule has 31 heavy (non-hydrogen) atoms. The Morgan fingerprint density at radius 1 is 0.613 bits per heavy atom. The summed E-state index contributed by atoms with van der Waals surface area (Å²) in [6.07, 6.45) is 12.0. The second-order valence-electron chi connectivity index (χ2n) is 9.57. The predicted molar refractivity (Wildman–Crippen MR) is 125 cm³/mol. The molecule has 2 N–H and O–H groups in total. The fourth-order valence-corrected chi connectivity index (χ4v) is 5.58. The monoisotopic (exact) mass is 416 g/mol. The van der Waals surface area contributed by atoms with Crippen molar-refractivity contribution in [3.63, 3.8) is 0 Å². The van der Waals surface area contributed by atoms with E-state index in [-0.39, 0.29) is 23.7 Å². The Morgan fingerprint density at radius 3 is 1.45 bits per heavy atom. The summed E-state index contributed by atoms with van der Waals surface area (Å²) in [5.74, 6) is 0.662. The number of anilines is 2. The first-order valence-electron chi connectivity index (χ1n) is 12.1. The summed E-state index contributed by atoms with van der Waals surface area (Å²) in [7, 11) is 0. The number of hydrogen-bond donors (Lipinski definition) is 2. The van der Waals surface area contributed by atoms with Crippen molar-refractivity contribution in [3.8, 4) is 11.1 Å². The van der Waals surface area contributed by atoms with Crippen LogP contribution in [0.5, 0.6) is 0 Å². The average molecular weight is 417 g/mol. The lowest BCUT2D eigenvalue weighted by Gasteiger charge is -2.21. The topological polar surface area (TPSA) is 58.2 Å². The molecule has 0 heterocycles. The first kappa shape index (κ1) is 20.3. The van der Waals surface area contributed by atoms with Crippen molar-refractivity contribution in [2.75, 3.05) is 10.6 Å². The third-order valence-corrected chi connectivity index (χ3v) is 7.37. The molecular formula is C27H32N2O2. The minimum atomic E-state index is 0.162. The highest BCUT2D eigenvalue weighted by Crippen LogP contribution is 2.39. The normalized spacial score (nSPS) is 18.8. The van der Waals surface area contributed by atoms with E-state index in [1.54, 1.807) is 0 Å². The fourth-order valence-electron chi connectivity index (χ4n) is 5.58. The SMILES string of the molecule is O=C(Nc1ccc2c(c1)Cc1cc(NC(=O)C3CCCCC3)ccc1-2)C1CCCCC1. The summed E-state index contributed by atoms with van der Waals surface area (Å²) in [5, 5.41) is 6.29. The number of carbonyl (C=O) groups excluding carboxylic acids is 2. The lowest BCUT2D eigenvalue weighted by molar-refractivity contribution is -0.121. The van der Waals surface area contributed by atoms with Crippen molar-refractivity contribution in [2.45, 2.75) is 70.6 Å². The molecule has 0 bridgehead atoms. The van der Waals surface area contributed by atoms with E-state index in [4.69, 9.17) is 0 Å². The maximum atomic E-state index is 12.6. The highest BCUT2D eigenvalue weighted by Gasteiger charge is 2.24. The van der Waals surface area contributed by atoms with E-state index in [0.29, 0.717) is 0 Å². The molecule has 0 radical (unpaired) electrons. The predicted octanol–water partition coefficient (Wildman–Crippen LogP) is 6.30. The standard InChI is InChI=1S/C27H32N2O2/c30-26(18-7-3-1-4-8-18)28-22-11-13-24-20(16-22)15-21-17-23(12-14-25(21)24)29-27(31)19-9-5-2-6-10-19/h11-14,16-19H,1-10,15H2,(H,28,30)(H,29,31). The molecule has 0 aliphatic heterocycles. The van der Waals surface area contributed by atoms with E-state index in [0.717, 1.165) is 69.2 Å². The molecule has 4 heteroatoms. The van der Waals surface area contributed by atoms with Gasteiger partial charge in [0.05, 0.1) is 0 Å². The molecule has 2 fully saturated rings. The van der Waals surface area contributed by atoms with Gasteiger partial charge in [0.15, 0.2) is 0 Å². The third kappa shape index (κ3) is 4.39. The minimum absolute atomic E-state index is 0.162. The number of nitrogens with one attached hydrogen (secondary N) is 2. The van der Waals surface area contributed by atoms with Gasteiger partial charge in [0, 0.05) is 23.2 Å². The van der Waals surface area contributed by atoms with Crippen LogP contribution in [0.2, 0.25) is 0 Å². The first-order chi connectivity index (χ1) is 15.2. The molecule has 0 saturated heterocycles. The molecule has 0 atom stereocenters. The summed E-state index contributed by atoms with van der Waals surface area (Å²) in [6.45, 7) is 0. The Balaban J connectivity index is 1.26. The van der Waals surface area contributed by atoms with Crippen LogP contribution in [0.4, 0.5) is 11.4 Å². The van der Waals surface area contributed by atoms with Gasteiger partial charge in [-0.25, -0.2) is 0 Å². The van der Waals surface area contributed by atoms with Crippen molar-refractivity contribution in [2.24, 2.45) is 11.8 Å². The van der Waals surface area contributed by atoms with E-state index in [1.165, 1.54) is 35.1 Å². The minimum Gasteiger partial charge on any atom is -0.326 e. The summed E-state index contributed by atoms with van der Waals surface area (Å²) >= 11 is 0. The number of benzene rings is 2. The molecule has 162 valence electrons. The molecule has 3 aliphatic carbocycles. The molecule has 0 unspecified atom stereocenters. The van der Waals surface area contributed by atoms with E-state index in [1.807, 2.05) is 12.1 Å². The quantitative estimate of drug-likeness (QED) is 0.525. The zero-order valence-electron chi connectivity index (χ0n) is 18.2. The van der Waals surface area contributed by atoms with E-state index in [9.17, 15) is 9.59 Å². The molecule has 5 rings (SSSR count). The molecule has 3 aliphatic rings. The Labute approximate surface area is 184 Å². The van der Waals surface area contributed by atoms with Crippen molar-refractivity contribution in [1.29, 1.82) is 0 Å². The van der Waals surface area contributed by atoms with Crippen LogP contribution in [0.15, 0.2) is 36.4 Å². The van der Waals surface area contributed by atoms with Gasteiger partial charge in [-0.05, 0) is 78.6 Å². The van der Waals surface area contributed by atoms with Crippen molar-refractivity contribution >= 4 is 23.2 Å². The van der Waals surface area contributed by atoms with Gasteiger partial charge < -0.3 is 10.6 Å². The van der Waals surface area contributed by atoms with Gasteiger partial charge in [-0.2, -0.15) is 0 Å². The van der Waals surface area contributed by atoms with Crippen LogP contribution in [0, 0.1) is 11.8 Å². The second kappa shape index (κ2) is 8.86. The Kier molecular flexibility index (Phi) is 5.80. The third-order valence-electron chi connectivity index (χ3n) is 7.37. The number of hydrogen-bond acceptors (Lipinski definition) is 2. The molecule has 2 amide bonds. The highest BCUT2D eigenvalue weighted by atomic mass is 16.2. The van der Waals surface area contributed by atoms with Gasteiger partial charge >= 0.3 is 0 Å². The fraction of sp³-hybridized carbons (Fsp3) is 0.481. The van der Waals surface area contributed by atoms with Crippen LogP contribution in [-0.4, -0.2) is 11.8 Å². The van der Waals surface area contributed by atoms with Gasteiger partial charge in [0.2, 0.25) is 11.8 Å². The van der Waals surface area contributed by atoms with E-state index < -0.39 is 0 Å². The summed E-state index contributed by atoms with van der Waals surface area (Å²) in [5.41, 5.74) is 6.74. The number of amides is 2. The molecule has 2 aromatic carbocycles. The Bertz CT molecular complexity index is 905. The molecule has 4 nitrogen and oxygen atoms in total. The Morgan fingerprint density at radius 2 is 1.03 bits per heavy atom.